The molecule has 0 aliphatic carbocycles. The summed E-state index contributed by atoms with van der Waals surface area (Å²) in [5, 5.41) is 0. The average molecular weight is 599 g/mol. The van der Waals surface area contributed by atoms with Crippen molar-refractivity contribution < 1.29 is 18.9 Å². The van der Waals surface area contributed by atoms with Gasteiger partial charge in [0.05, 0.1) is 33.0 Å². The van der Waals surface area contributed by atoms with Gasteiger partial charge in [-0.1, -0.05) is 37.9 Å². The molecule has 2 aromatic carbocycles. The van der Waals surface area contributed by atoms with Gasteiger partial charge in [0.25, 0.3) is 0 Å². The van der Waals surface area contributed by atoms with E-state index in [2.05, 4.69) is 56.1 Å². The molecule has 0 unspecified atom stereocenters. The SMILES string of the molecule is ClCCOCCOCCCc1cc(Br)ccc1-c1ccc(Br)cc1OCCOCCCl. The van der Waals surface area contributed by atoms with E-state index in [0.29, 0.717) is 58.0 Å². The molecule has 31 heavy (non-hydrogen) atoms. The van der Waals surface area contributed by atoms with Crippen LogP contribution in [0, 0.1) is 0 Å². The van der Waals surface area contributed by atoms with Crippen LogP contribution in [0.15, 0.2) is 45.3 Å². The lowest BCUT2D eigenvalue weighted by atomic mass is 9.96. The molecule has 0 saturated heterocycles. The largest absolute Gasteiger partial charge is 0.490 e. The summed E-state index contributed by atoms with van der Waals surface area (Å²) in [6, 6.07) is 12.4. The summed E-state index contributed by atoms with van der Waals surface area (Å²) in [4.78, 5) is 0. The first-order valence-electron chi connectivity index (χ1n) is 10.2. The van der Waals surface area contributed by atoms with Crippen LogP contribution in [0.25, 0.3) is 11.1 Å². The zero-order chi connectivity index (χ0) is 22.3. The maximum Gasteiger partial charge on any atom is 0.128 e. The van der Waals surface area contributed by atoms with E-state index in [1.165, 1.54) is 5.56 Å². The summed E-state index contributed by atoms with van der Waals surface area (Å²) in [7, 11) is 0. The molecule has 8 heteroatoms. The zero-order valence-corrected chi connectivity index (χ0v) is 22.1. The molecular formula is C23H28Br2Cl2O4. The van der Waals surface area contributed by atoms with Gasteiger partial charge >= 0.3 is 0 Å². The van der Waals surface area contributed by atoms with E-state index in [0.717, 1.165) is 38.7 Å². The summed E-state index contributed by atoms with van der Waals surface area (Å²) in [5.74, 6) is 1.81. The molecule has 4 nitrogen and oxygen atoms in total. The molecule has 0 aliphatic heterocycles. The average Bonchev–Trinajstić information content (AvgIpc) is 2.76. The highest BCUT2D eigenvalue weighted by Crippen LogP contribution is 2.36. The Hall–Kier alpha value is -0.340. The third kappa shape index (κ3) is 10.4. The Morgan fingerprint density at radius 1 is 0.645 bits per heavy atom. The molecule has 172 valence electrons. The van der Waals surface area contributed by atoms with Crippen molar-refractivity contribution >= 4 is 55.1 Å². The number of ether oxygens (including phenoxy) is 4. The van der Waals surface area contributed by atoms with Crippen LogP contribution in [0.5, 0.6) is 5.75 Å². The lowest BCUT2D eigenvalue weighted by molar-refractivity contribution is 0.0527. The van der Waals surface area contributed by atoms with Gasteiger partial charge in [-0.05, 0) is 54.3 Å². The first-order chi connectivity index (χ1) is 15.2. The Kier molecular flexibility index (Phi) is 14.1. The lowest BCUT2D eigenvalue weighted by Crippen LogP contribution is -2.09. The molecule has 0 heterocycles. The molecule has 2 aromatic rings. The van der Waals surface area contributed by atoms with Crippen LogP contribution in [-0.4, -0.2) is 58.0 Å². The smallest absolute Gasteiger partial charge is 0.128 e. The fourth-order valence-electron chi connectivity index (χ4n) is 2.98. The monoisotopic (exact) mass is 596 g/mol. The summed E-state index contributed by atoms with van der Waals surface area (Å²) < 4.78 is 24.5. The van der Waals surface area contributed by atoms with Crippen LogP contribution in [0.4, 0.5) is 0 Å². The second-order valence-electron chi connectivity index (χ2n) is 6.61. The van der Waals surface area contributed by atoms with Crippen LogP contribution in [0.3, 0.4) is 0 Å². The van der Waals surface area contributed by atoms with Gasteiger partial charge in [-0.2, -0.15) is 0 Å². The minimum Gasteiger partial charge on any atom is -0.490 e. The quantitative estimate of drug-likeness (QED) is 0.159. The number of benzene rings is 2. The predicted octanol–water partition coefficient (Wildman–Crippen LogP) is 6.72. The standard InChI is InChI=1S/C23H28Br2Cl2O4/c24-19-3-5-21(18(16-19)2-1-9-28-12-13-29-10-7-26)22-6-4-20(25)17-23(22)31-15-14-30-11-8-27/h3-6,16-17H,1-2,7-15H2. The van der Waals surface area contributed by atoms with E-state index in [4.69, 9.17) is 42.1 Å². The van der Waals surface area contributed by atoms with Gasteiger partial charge in [0.1, 0.15) is 12.4 Å². The van der Waals surface area contributed by atoms with Gasteiger partial charge in [0.15, 0.2) is 0 Å². The van der Waals surface area contributed by atoms with E-state index in [1.807, 2.05) is 12.1 Å². The molecule has 0 bridgehead atoms. The highest BCUT2D eigenvalue weighted by molar-refractivity contribution is 9.10. The van der Waals surface area contributed by atoms with E-state index in [1.54, 1.807) is 0 Å². The van der Waals surface area contributed by atoms with Crippen LogP contribution in [0.1, 0.15) is 12.0 Å². The number of hydrogen-bond acceptors (Lipinski definition) is 4. The van der Waals surface area contributed by atoms with Gasteiger partial charge in [0, 0.05) is 32.9 Å². The van der Waals surface area contributed by atoms with E-state index in [9.17, 15) is 0 Å². The number of alkyl halides is 2. The molecule has 0 aliphatic rings. The normalized spacial score (nSPS) is 11.1. The molecule has 0 atom stereocenters. The highest BCUT2D eigenvalue weighted by Gasteiger charge is 2.12. The Balaban J connectivity index is 2.01. The molecule has 0 fully saturated rings. The molecular weight excluding hydrogens is 571 g/mol. The van der Waals surface area contributed by atoms with Crippen LogP contribution in [0.2, 0.25) is 0 Å². The second-order valence-corrected chi connectivity index (χ2v) is 9.20. The van der Waals surface area contributed by atoms with Crippen molar-refractivity contribution in [1.29, 1.82) is 0 Å². The van der Waals surface area contributed by atoms with Gasteiger partial charge in [-0.15, -0.1) is 23.2 Å². The van der Waals surface area contributed by atoms with Crippen molar-refractivity contribution in [2.45, 2.75) is 12.8 Å². The van der Waals surface area contributed by atoms with Crippen molar-refractivity contribution in [3.63, 3.8) is 0 Å². The number of halogens is 4. The van der Waals surface area contributed by atoms with Crippen molar-refractivity contribution in [3.8, 4) is 16.9 Å². The van der Waals surface area contributed by atoms with E-state index in [-0.39, 0.29) is 0 Å². The second kappa shape index (κ2) is 16.3. The Morgan fingerprint density at radius 2 is 1.23 bits per heavy atom. The Labute approximate surface area is 211 Å². The summed E-state index contributed by atoms with van der Waals surface area (Å²) in [6.07, 6.45) is 1.81. The van der Waals surface area contributed by atoms with Crippen molar-refractivity contribution in [2.75, 3.05) is 58.0 Å². The highest BCUT2D eigenvalue weighted by atomic mass is 79.9. The van der Waals surface area contributed by atoms with Crippen molar-refractivity contribution in [2.24, 2.45) is 0 Å². The number of aryl methyl sites for hydroxylation is 1. The van der Waals surface area contributed by atoms with Gasteiger partial charge in [-0.25, -0.2) is 0 Å². The molecule has 0 N–H and O–H groups in total. The van der Waals surface area contributed by atoms with Crippen molar-refractivity contribution in [3.05, 3.63) is 50.9 Å². The maximum atomic E-state index is 6.04. The molecule has 0 aromatic heterocycles. The third-order valence-corrected chi connectivity index (χ3v) is 5.63. The topological polar surface area (TPSA) is 36.9 Å². The van der Waals surface area contributed by atoms with Crippen LogP contribution in [-0.2, 0) is 20.6 Å². The maximum absolute atomic E-state index is 6.04. The Bertz CT molecular complexity index is 777. The fourth-order valence-corrected chi connectivity index (χ4v) is 3.95. The summed E-state index contributed by atoms with van der Waals surface area (Å²) >= 11 is 18.4. The Morgan fingerprint density at radius 3 is 1.90 bits per heavy atom. The minimum absolute atomic E-state index is 0.464. The molecule has 0 spiro atoms. The lowest BCUT2D eigenvalue weighted by Gasteiger charge is -2.16. The van der Waals surface area contributed by atoms with E-state index < -0.39 is 0 Å². The first-order valence-corrected chi connectivity index (χ1v) is 12.9. The van der Waals surface area contributed by atoms with E-state index >= 15 is 0 Å². The van der Waals surface area contributed by atoms with Crippen molar-refractivity contribution in [1.82, 2.24) is 0 Å². The van der Waals surface area contributed by atoms with Gasteiger partial charge in [-0.3, -0.25) is 0 Å². The fraction of sp³-hybridized carbons (Fsp3) is 0.478. The third-order valence-electron chi connectivity index (χ3n) is 4.34. The molecule has 0 radical (unpaired) electrons. The first kappa shape index (κ1) is 26.9. The van der Waals surface area contributed by atoms with Crippen LogP contribution >= 0.6 is 55.1 Å². The number of hydrogen-bond donors (Lipinski definition) is 0. The van der Waals surface area contributed by atoms with Gasteiger partial charge < -0.3 is 18.9 Å². The molecule has 0 amide bonds. The number of rotatable bonds is 16. The molecule has 2 rings (SSSR count). The summed E-state index contributed by atoms with van der Waals surface area (Å²) in [6.45, 7) is 3.87. The summed E-state index contributed by atoms with van der Waals surface area (Å²) in [5.41, 5.74) is 3.44. The van der Waals surface area contributed by atoms with Gasteiger partial charge in [0.2, 0.25) is 0 Å². The predicted molar refractivity (Wildman–Crippen MR) is 135 cm³/mol. The zero-order valence-electron chi connectivity index (χ0n) is 17.4. The minimum atomic E-state index is 0.464. The molecule has 0 saturated carbocycles. The van der Waals surface area contributed by atoms with Crippen LogP contribution < -0.4 is 4.74 Å².